The number of carbonyl (C=O) groups excluding carboxylic acids is 5. The van der Waals surface area contributed by atoms with E-state index in [2.05, 4.69) is 20.1 Å². The van der Waals surface area contributed by atoms with E-state index in [0.29, 0.717) is 10.6 Å². The molecule has 0 aromatic heterocycles. The number of hydrogen-bond donors (Lipinski definition) is 2. The Hall–Kier alpha value is -3.92. The van der Waals surface area contributed by atoms with Crippen LogP contribution in [0.25, 0.3) is 0 Å². The highest BCUT2D eigenvalue weighted by Crippen LogP contribution is 2.30. The van der Waals surface area contributed by atoms with E-state index in [1.807, 2.05) is 0 Å². The topological polar surface area (TPSA) is 131 Å². The van der Waals surface area contributed by atoms with Gasteiger partial charge in [-0.15, -0.1) is 0 Å². The van der Waals surface area contributed by atoms with Crippen molar-refractivity contribution in [2.45, 2.75) is 12.5 Å². The first-order valence-electron chi connectivity index (χ1n) is 9.60. The van der Waals surface area contributed by atoms with Gasteiger partial charge in [0.05, 0.1) is 25.3 Å². The van der Waals surface area contributed by atoms with E-state index in [4.69, 9.17) is 11.6 Å². The maximum absolute atomic E-state index is 13.0. The lowest BCUT2D eigenvalue weighted by atomic mass is 9.92. The molecule has 0 bridgehead atoms. The zero-order valence-electron chi connectivity index (χ0n) is 17.9. The second-order valence-corrected chi connectivity index (χ2v) is 7.72. The summed E-state index contributed by atoms with van der Waals surface area (Å²) in [5.41, 5.74) is -0.860. The molecule has 1 heterocycles. The molecule has 0 saturated carbocycles. The maximum Gasteiger partial charge on any atom is 0.337 e. The number of rotatable bonds is 6. The monoisotopic (exact) mass is 473 g/mol. The third-order valence-corrected chi connectivity index (χ3v) is 5.27. The summed E-state index contributed by atoms with van der Waals surface area (Å²) in [4.78, 5) is 62.7. The van der Waals surface area contributed by atoms with Gasteiger partial charge in [0.1, 0.15) is 12.1 Å². The highest BCUT2D eigenvalue weighted by atomic mass is 35.5. The summed E-state index contributed by atoms with van der Waals surface area (Å²) < 4.78 is 9.31. The molecule has 2 aromatic carbocycles. The third-order valence-electron chi connectivity index (χ3n) is 5.04. The molecule has 0 aliphatic carbocycles. The van der Waals surface area contributed by atoms with Crippen LogP contribution in [0.4, 0.5) is 10.5 Å². The number of halogens is 1. The Bertz CT molecular complexity index is 1130. The number of hydrogen-bond acceptors (Lipinski definition) is 7. The van der Waals surface area contributed by atoms with E-state index in [1.54, 1.807) is 24.3 Å². The Morgan fingerprint density at radius 3 is 2.18 bits per heavy atom. The van der Waals surface area contributed by atoms with Crippen molar-refractivity contribution in [2.75, 3.05) is 26.1 Å². The molecule has 1 saturated heterocycles. The van der Waals surface area contributed by atoms with Crippen LogP contribution in [0.15, 0.2) is 42.5 Å². The second-order valence-electron chi connectivity index (χ2n) is 7.29. The molecule has 1 unspecified atom stereocenters. The second kappa shape index (κ2) is 9.29. The molecule has 2 aromatic rings. The summed E-state index contributed by atoms with van der Waals surface area (Å²) in [5.74, 6) is -2.83. The molecule has 1 aliphatic heterocycles. The Morgan fingerprint density at radius 2 is 1.64 bits per heavy atom. The molecule has 3 rings (SSSR count). The smallest absolute Gasteiger partial charge is 0.337 e. The number of ether oxygens (including phenoxy) is 2. The van der Waals surface area contributed by atoms with Crippen LogP contribution < -0.4 is 10.6 Å². The first-order valence-corrected chi connectivity index (χ1v) is 9.98. The zero-order valence-corrected chi connectivity index (χ0v) is 18.7. The van der Waals surface area contributed by atoms with Gasteiger partial charge in [-0.05, 0) is 42.8 Å². The van der Waals surface area contributed by atoms with Gasteiger partial charge in [0.25, 0.3) is 5.91 Å². The largest absolute Gasteiger partial charge is 0.465 e. The first-order chi connectivity index (χ1) is 15.6. The van der Waals surface area contributed by atoms with E-state index in [1.165, 1.54) is 39.3 Å². The number of anilines is 1. The average Bonchev–Trinajstić information content (AvgIpc) is 3.01. The third kappa shape index (κ3) is 4.80. The summed E-state index contributed by atoms with van der Waals surface area (Å²) in [7, 11) is 2.33. The molecule has 0 radical (unpaired) electrons. The highest BCUT2D eigenvalue weighted by molar-refractivity contribution is 6.30. The average molecular weight is 474 g/mol. The van der Waals surface area contributed by atoms with Crippen molar-refractivity contribution in [3.63, 3.8) is 0 Å². The maximum atomic E-state index is 13.0. The molecule has 1 aliphatic rings. The fourth-order valence-electron chi connectivity index (χ4n) is 3.35. The number of amides is 4. The first kappa shape index (κ1) is 23.7. The lowest BCUT2D eigenvalue weighted by Gasteiger charge is -2.22. The minimum atomic E-state index is -1.40. The van der Waals surface area contributed by atoms with Crippen LogP contribution in [0, 0.1) is 0 Å². The molecule has 1 atom stereocenters. The molecule has 4 amide bonds. The molecule has 1 fully saturated rings. The van der Waals surface area contributed by atoms with Gasteiger partial charge >= 0.3 is 18.0 Å². The molecule has 11 heteroatoms. The van der Waals surface area contributed by atoms with Gasteiger partial charge < -0.3 is 20.1 Å². The van der Waals surface area contributed by atoms with Gasteiger partial charge in [-0.1, -0.05) is 23.7 Å². The van der Waals surface area contributed by atoms with Gasteiger partial charge in [-0.3, -0.25) is 14.5 Å². The number of urea groups is 1. The van der Waals surface area contributed by atoms with Crippen LogP contribution >= 0.6 is 11.6 Å². The molecular formula is C22H20ClN3O7. The van der Waals surface area contributed by atoms with Crippen molar-refractivity contribution >= 4 is 47.1 Å². The van der Waals surface area contributed by atoms with E-state index in [9.17, 15) is 24.0 Å². The summed E-state index contributed by atoms with van der Waals surface area (Å²) in [6, 6.07) is 9.54. The van der Waals surface area contributed by atoms with Crippen molar-refractivity contribution < 1.29 is 33.4 Å². The summed E-state index contributed by atoms with van der Waals surface area (Å²) >= 11 is 6.00. The lowest BCUT2D eigenvalue weighted by molar-refractivity contribution is -0.133. The standard InChI is InChI=1S/C22H20ClN3O7/c1-22(14-5-4-6-15(23)10-14)20(30)26(21(31)25-22)11-17(27)24-16-8-12(18(28)32-2)7-13(9-16)19(29)33-3/h4-10H,11H2,1-3H3,(H,24,27)(H,25,31). The van der Waals surface area contributed by atoms with Crippen LogP contribution in [-0.4, -0.2) is 55.4 Å². The van der Waals surface area contributed by atoms with E-state index in [0.717, 1.165) is 4.90 Å². The molecular weight excluding hydrogens is 454 g/mol. The normalized spacial score (nSPS) is 17.4. The summed E-state index contributed by atoms with van der Waals surface area (Å²) in [5, 5.41) is 5.45. The Kier molecular flexibility index (Phi) is 6.68. The number of carbonyl (C=O) groups is 5. The fourth-order valence-corrected chi connectivity index (χ4v) is 3.54. The van der Waals surface area contributed by atoms with E-state index in [-0.39, 0.29) is 16.8 Å². The minimum absolute atomic E-state index is 0.000719. The SMILES string of the molecule is COC(=O)c1cc(NC(=O)CN2C(=O)NC(C)(c3cccc(Cl)c3)C2=O)cc(C(=O)OC)c1. The fraction of sp³-hybridized carbons (Fsp3) is 0.227. The van der Waals surface area contributed by atoms with Crippen molar-refractivity contribution in [3.8, 4) is 0 Å². The summed E-state index contributed by atoms with van der Waals surface area (Å²) in [6.07, 6.45) is 0. The van der Waals surface area contributed by atoms with Gasteiger partial charge in [0, 0.05) is 10.7 Å². The number of methoxy groups -OCH3 is 2. The highest BCUT2D eigenvalue weighted by Gasteiger charge is 2.49. The minimum Gasteiger partial charge on any atom is -0.465 e. The predicted molar refractivity (Wildman–Crippen MR) is 117 cm³/mol. The van der Waals surface area contributed by atoms with Crippen molar-refractivity contribution in [2.24, 2.45) is 0 Å². The Labute approximate surface area is 193 Å². The van der Waals surface area contributed by atoms with E-state index < -0.39 is 41.9 Å². The van der Waals surface area contributed by atoms with Gasteiger partial charge in [0.15, 0.2) is 0 Å². The molecule has 10 nitrogen and oxygen atoms in total. The number of imide groups is 1. The number of esters is 2. The zero-order chi connectivity index (χ0) is 24.3. The number of nitrogens with zero attached hydrogens (tertiary/aromatic N) is 1. The van der Waals surface area contributed by atoms with Gasteiger partial charge in [0.2, 0.25) is 5.91 Å². The van der Waals surface area contributed by atoms with Crippen LogP contribution in [0.2, 0.25) is 5.02 Å². The molecule has 172 valence electrons. The lowest BCUT2D eigenvalue weighted by Crippen LogP contribution is -2.42. The van der Waals surface area contributed by atoms with Crippen molar-refractivity contribution in [3.05, 3.63) is 64.2 Å². The van der Waals surface area contributed by atoms with Crippen LogP contribution in [-0.2, 0) is 24.6 Å². The number of benzene rings is 2. The van der Waals surface area contributed by atoms with Crippen LogP contribution in [0.3, 0.4) is 0 Å². The predicted octanol–water partition coefficient (Wildman–Crippen LogP) is 2.32. The quantitative estimate of drug-likeness (QED) is 0.486. The molecule has 2 N–H and O–H groups in total. The Morgan fingerprint density at radius 1 is 1.03 bits per heavy atom. The van der Waals surface area contributed by atoms with E-state index >= 15 is 0 Å². The van der Waals surface area contributed by atoms with Crippen molar-refractivity contribution in [1.29, 1.82) is 0 Å². The van der Waals surface area contributed by atoms with Crippen LogP contribution in [0.5, 0.6) is 0 Å². The van der Waals surface area contributed by atoms with Crippen molar-refractivity contribution in [1.82, 2.24) is 10.2 Å². The Balaban J connectivity index is 1.81. The number of nitrogens with one attached hydrogen (secondary N) is 2. The van der Waals surface area contributed by atoms with Gasteiger partial charge in [-0.2, -0.15) is 0 Å². The molecule has 33 heavy (non-hydrogen) atoms. The van der Waals surface area contributed by atoms with Crippen LogP contribution in [0.1, 0.15) is 33.2 Å². The molecule has 0 spiro atoms. The summed E-state index contributed by atoms with van der Waals surface area (Å²) in [6.45, 7) is 0.913. The van der Waals surface area contributed by atoms with Gasteiger partial charge in [-0.25, -0.2) is 14.4 Å².